The summed E-state index contributed by atoms with van der Waals surface area (Å²) in [6, 6.07) is -1.02. The highest BCUT2D eigenvalue weighted by molar-refractivity contribution is 6.19. The van der Waals surface area contributed by atoms with E-state index >= 15 is 0 Å². The summed E-state index contributed by atoms with van der Waals surface area (Å²) in [6.45, 7) is 7.17. The van der Waals surface area contributed by atoms with Crippen molar-refractivity contribution in [2.75, 3.05) is 13.6 Å². The number of carbonyl (C=O) groups is 3. The van der Waals surface area contributed by atoms with E-state index in [1.165, 1.54) is 11.8 Å². The van der Waals surface area contributed by atoms with Crippen molar-refractivity contribution in [1.82, 2.24) is 14.4 Å². The number of likely N-dealkylation sites (N-methyl/N-ethyl adjacent to an activating group) is 1. The molecule has 8 heteroatoms. The number of amidine groups is 1. The summed E-state index contributed by atoms with van der Waals surface area (Å²) in [6.07, 6.45) is 1.87. The molecule has 3 amide bonds. The smallest absolute Gasteiger partial charge is 0.298 e. The molecule has 0 spiro atoms. The fourth-order valence-corrected chi connectivity index (χ4v) is 3.21. The van der Waals surface area contributed by atoms with Crippen LogP contribution in [0.15, 0.2) is 11.2 Å². The zero-order valence-corrected chi connectivity index (χ0v) is 13.9. The van der Waals surface area contributed by atoms with E-state index in [9.17, 15) is 14.4 Å². The maximum absolute atomic E-state index is 12.8. The zero-order valence-electron chi connectivity index (χ0n) is 13.9. The van der Waals surface area contributed by atoms with Crippen LogP contribution in [0, 0.1) is 6.92 Å². The Balaban J connectivity index is 2.11. The lowest BCUT2D eigenvalue weighted by Gasteiger charge is -2.32. The van der Waals surface area contributed by atoms with Crippen LogP contribution >= 0.6 is 0 Å². The number of fused-ring (bicyclic) bond motifs is 3. The Morgan fingerprint density at radius 3 is 2.61 bits per heavy atom. The molecule has 0 bridgehead atoms. The third-order valence-corrected chi connectivity index (χ3v) is 4.15. The molecule has 1 unspecified atom stereocenters. The molecule has 1 fully saturated rings. The van der Waals surface area contributed by atoms with Crippen molar-refractivity contribution in [3.63, 3.8) is 0 Å². The number of imide groups is 1. The summed E-state index contributed by atoms with van der Waals surface area (Å²) in [5.74, 6) is 0.408. The van der Waals surface area contributed by atoms with E-state index in [1.807, 2.05) is 31.5 Å². The number of rotatable bonds is 3. The first kappa shape index (κ1) is 15.4. The molecule has 0 aromatic carbocycles. The lowest BCUT2D eigenvalue weighted by Crippen LogP contribution is -2.63. The standard InChI is InChI=1S/C15H20N5O3/c1-8(2)20-9(3)6-18-11-12(16-14(18)20)17(5)15(23)19(13(11)22)7-10(4)21/h6,8,11H,7H2,1-5H3/q+1. The van der Waals surface area contributed by atoms with Crippen LogP contribution in [0.2, 0.25) is 0 Å². The molecule has 8 nitrogen and oxygen atoms in total. The second kappa shape index (κ2) is 5.00. The number of hydrogen-bond donors (Lipinski definition) is 0. The van der Waals surface area contributed by atoms with Gasteiger partial charge in [0.05, 0.1) is 12.6 Å². The molecule has 1 aromatic heterocycles. The Morgan fingerprint density at radius 2 is 2.04 bits per heavy atom. The Labute approximate surface area is 134 Å². The quantitative estimate of drug-likeness (QED) is 0.771. The minimum Gasteiger partial charge on any atom is -0.298 e. The van der Waals surface area contributed by atoms with E-state index in [0.717, 1.165) is 10.6 Å². The van der Waals surface area contributed by atoms with Crippen LogP contribution in [-0.4, -0.2) is 51.5 Å². The molecule has 2 aliphatic heterocycles. The van der Waals surface area contributed by atoms with Gasteiger partial charge in [-0.15, -0.1) is 0 Å². The van der Waals surface area contributed by atoms with Crippen molar-refractivity contribution in [2.45, 2.75) is 39.8 Å². The third kappa shape index (κ3) is 2.08. The lowest BCUT2D eigenvalue weighted by atomic mass is 10.1. The summed E-state index contributed by atoms with van der Waals surface area (Å²) in [7, 11) is 1.58. The number of aliphatic imine (C=N–C) groups is 1. The van der Waals surface area contributed by atoms with Gasteiger partial charge in [0.15, 0.2) is 0 Å². The van der Waals surface area contributed by atoms with E-state index in [4.69, 9.17) is 0 Å². The van der Waals surface area contributed by atoms with Crippen LogP contribution in [-0.2, 0) is 9.59 Å². The van der Waals surface area contributed by atoms with E-state index in [2.05, 4.69) is 4.99 Å². The van der Waals surface area contributed by atoms with Crippen molar-refractivity contribution in [2.24, 2.45) is 4.99 Å². The maximum atomic E-state index is 12.8. The van der Waals surface area contributed by atoms with Gasteiger partial charge in [0.25, 0.3) is 5.91 Å². The van der Waals surface area contributed by atoms with Gasteiger partial charge >= 0.3 is 12.0 Å². The van der Waals surface area contributed by atoms with Gasteiger partial charge in [0, 0.05) is 7.05 Å². The number of hydrogen-bond acceptors (Lipinski definition) is 4. The van der Waals surface area contributed by atoms with Gasteiger partial charge < -0.3 is 0 Å². The summed E-state index contributed by atoms with van der Waals surface area (Å²) in [5.41, 5.74) is 0.989. The number of Topliss-reactive ketones (excluding diaryl/α,β-unsaturated/α-hetero) is 1. The first-order valence-corrected chi connectivity index (χ1v) is 7.54. The predicted octanol–water partition coefficient (Wildman–Crippen LogP) is 0.733. The summed E-state index contributed by atoms with van der Waals surface area (Å²) in [5, 5.41) is 0. The van der Waals surface area contributed by atoms with Gasteiger partial charge in [-0.3, -0.25) is 19.4 Å². The highest BCUT2D eigenvalue weighted by Gasteiger charge is 2.53. The van der Waals surface area contributed by atoms with Crippen molar-refractivity contribution in [1.29, 1.82) is 0 Å². The van der Waals surface area contributed by atoms with Gasteiger partial charge in [-0.1, -0.05) is 4.99 Å². The number of nitrogens with zero attached hydrogens (tertiary/aromatic N) is 5. The van der Waals surface area contributed by atoms with Gasteiger partial charge in [-0.25, -0.2) is 13.9 Å². The van der Waals surface area contributed by atoms with E-state index in [-0.39, 0.29) is 18.4 Å². The van der Waals surface area contributed by atoms with E-state index < -0.39 is 18.0 Å². The largest absolute Gasteiger partial charge is 0.402 e. The molecule has 1 atom stereocenters. The Hall–Kier alpha value is -2.51. The monoisotopic (exact) mass is 318 g/mol. The second-order valence-corrected chi connectivity index (χ2v) is 6.28. The second-order valence-electron chi connectivity index (χ2n) is 6.28. The van der Waals surface area contributed by atoms with Crippen LogP contribution in [0.3, 0.4) is 0 Å². The topological polar surface area (TPSA) is 78.9 Å². The summed E-state index contributed by atoms with van der Waals surface area (Å²) < 4.78 is 3.80. The van der Waals surface area contributed by atoms with Crippen molar-refractivity contribution >= 4 is 29.5 Å². The van der Waals surface area contributed by atoms with Gasteiger partial charge in [-0.05, 0) is 27.7 Å². The third-order valence-electron chi connectivity index (χ3n) is 4.15. The normalized spacial score (nSPS) is 20.1. The number of ketones is 1. The minimum absolute atomic E-state index is 0.181. The van der Waals surface area contributed by atoms with Crippen LogP contribution in [0.25, 0.3) is 0 Å². The number of aromatic nitrogens is 2. The molecular formula is C15H20N5O3+. The van der Waals surface area contributed by atoms with Crippen molar-refractivity contribution < 1.29 is 19.0 Å². The van der Waals surface area contributed by atoms with Crippen LogP contribution in [0.5, 0.6) is 0 Å². The number of imidazole rings is 1. The minimum atomic E-state index is -0.689. The number of amides is 3. The summed E-state index contributed by atoms with van der Waals surface area (Å²) in [4.78, 5) is 43.4. The van der Waals surface area contributed by atoms with Crippen molar-refractivity contribution in [3.8, 4) is 0 Å². The first-order valence-electron chi connectivity index (χ1n) is 7.54. The molecule has 122 valence electrons. The Kier molecular flexibility index (Phi) is 3.35. The Bertz CT molecular complexity index is 761. The van der Waals surface area contributed by atoms with Gasteiger partial charge in [0.2, 0.25) is 11.9 Å². The molecule has 2 aliphatic rings. The Morgan fingerprint density at radius 1 is 1.39 bits per heavy atom. The molecule has 3 rings (SSSR count). The predicted molar refractivity (Wildman–Crippen MR) is 81.4 cm³/mol. The van der Waals surface area contributed by atoms with E-state index in [0.29, 0.717) is 11.8 Å². The molecule has 1 aromatic rings. The molecule has 23 heavy (non-hydrogen) atoms. The van der Waals surface area contributed by atoms with Gasteiger partial charge in [-0.2, -0.15) is 0 Å². The lowest BCUT2D eigenvalue weighted by molar-refractivity contribution is -0.677. The highest BCUT2D eigenvalue weighted by Crippen LogP contribution is 2.30. The van der Waals surface area contributed by atoms with Gasteiger partial charge in [0.1, 0.15) is 17.7 Å². The molecule has 3 heterocycles. The highest BCUT2D eigenvalue weighted by atomic mass is 16.2. The maximum Gasteiger partial charge on any atom is 0.402 e. The molecule has 0 radical (unpaired) electrons. The fraction of sp³-hybridized carbons (Fsp3) is 0.533. The molecule has 0 N–H and O–H groups in total. The average molecular weight is 318 g/mol. The molecule has 0 saturated carbocycles. The summed E-state index contributed by atoms with van der Waals surface area (Å²) >= 11 is 0. The molecule has 0 aliphatic carbocycles. The molecule has 1 saturated heterocycles. The number of carbonyl (C=O) groups excluding carboxylic acids is 3. The van der Waals surface area contributed by atoms with Crippen LogP contribution < -0.4 is 4.57 Å². The fourth-order valence-electron chi connectivity index (χ4n) is 3.21. The zero-order chi connectivity index (χ0) is 17.0. The van der Waals surface area contributed by atoms with E-state index in [1.54, 1.807) is 11.6 Å². The van der Waals surface area contributed by atoms with Crippen LogP contribution in [0.4, 0.5) is 10.7 Å². The molecular weight excluding hydrogens is 298 g/mol. The number of urea groups is 1. The SMILES string of the molecule is CC(=O)CN1C(=O)C2C(=Nc3n(C(C)C)c(C)c[n+]32)N(C)C1=O. The number of aryl methyl sites for hydroxylation is 1. The first-order chi connectivity index (χ1) is 10.7. The van der Waals surface area contributed by atoms with Crippen molar-refractivity contribution in [3.05, 3.63) is 11.9 Å². The van der Waals surface area contributed by atoms with Crippen LogP contribution in [0.1, 0.15) is 38.5 Å². The average Bonchev–Trinajstić information content (AvgIpc) is 2.95.